The number of halogens is 1. The quantitative estimate of drug-likeness (QED) is 0.878. The smallest absolute Gasteiger partial charge is 0.339 e. The maximum atomic E-state index is 13.0. The van der Waals surface area contributed by atoms with Crippen molar-refractivity contribution in [1.29, 1.82) is 0 Å². The van der Waals surface area contributed by atoms with Gasteiger partial charge in [-0.05, 0) is 55.0 Å². The Morgan fingerprint density at radius 3 is 2.32 bits per heavy atom. The molecule has 0 unspecified atom stereocenters. The van der Waals surface area contributed by atoms with E-state index in [0.29, 0.717) is 5.69 Å². The molecule has 0 aliphatic carbocycles. The molecule has 0 atom stereocenters. The van der Waals surface area contributed by atoms with Crippen LogP contribution >= 0.6 is 0 Å². The number of rotatable bonds is 4. The molecule has 0 aliphatic heterocycles. The van der Waals surface area contributed by atoms with Crippen molar-refractivity contribution in [1.82, 2.24) is 0 Å². The van der Waals surface area contributed by atoms with Gasteiger partial charge in [-0.1, -0.05) is 0 Å². The van der Waals surface area contributed by atoms with E-state index in [0.717, 1.165) is 18.2 Å². The minimum atomic E-state index is -4.05. The summed E-state index contributed by atoms with van der Waals surface area (Å²) in [7, 11) is -4.05. The minimum Gasteiger partial charge on any atom is -0.379 e. The Morgan fingerprint density at radius 2 is 1.77 bits per heavy atom. The van der Waals surface area contributed by atoms with Crippen molar-refractivity contribution in [2.24, 2.45) is 0 Å². The van der Waals surface area contributed by atoms with Crippen LogP contribution in [0, 0.1) is 12.7 Å². The van der Waals surface area contributed by atoms with Crippen LogP contribution < -0.4 is 9.50 Å². The third-order valence-corrected chi connectivity index (χ3v) is 4.20. The zero-order valence-electron chi connectivity index (χ0n) is 12.0. The summed E-state index contributed by atoms with van der Waals surface area (Å²) in [5.41, 5.74) is 0.782. The first-order chi connectivity index (χ1) is 10.3. The van der Waals surface area contributed by atoms with Crippen LogP contribution in [-0.4, -0.2) is 14.3 Å². The van der Waals surface area contributed by atoms with Gasteiger partial charge in [0, 0.05) is 12.6 Å². The molecule has 0 heterocycles. The highest BCUT2D eigenvalue weighted by atomic mass is 32.2. The summed E-state index contributed by atoms with van der Waals surface area (Å²) in [6.07, 6.45) is 0. The number of hydrogen-bond acceptors (Lipinski definition) is 4. The van der Waals surface area contributed by atoms with Gasteiger partial charge < -0.3 is 9.50 Å². The molecule has 1 amide bonds. The number of anilines is 1. The molecular weight excluding hydrogens is 309 g/mol. The van der Waals surface area contributed by atoms with Crippen molar-refractivity contribution in [3.63, 3.8) is 0 Å². The second-order valence-electron chi connectivity index (χ2n) is 4.65. The lowest BCUT2D eigenvalue weighted by Gasteiger charge is -2.10. The normalized spacial score (nSPS) is 11.0. The van der Waals surface area contributed by atoms with Gasteiger partial charge in [-0.3, -0.25) is 4.79 Å². The van der Waals surface area contributed by atoms with Crippen LogP contribution in [0.4, 0.5) is 10.1 Å². The van der Waals surface area contributed by atoms with E-state index in [9.17, 15) is 17.6 Å². The first-order valence-electron chi connectivity index (χ1n) is 6.36. The number of benzene rings is 2. The monoisotopic (exact) mass is 323 g/mol. The SMILES string of the molecule is CC(=O)Nc1ccc(OS(=O)(=O)c2ccc(F)cc2C)cc1. The van der Waals surface area contributed by atoms with E-state index in [1.807, 2.05) is 0 Å². The number of aryl methyl sites for hydroxylation is 1. The largest absolute Gasteiger partial charge is 0.379 e. The van der Waals surface area contributed by atoms with Crippen molar-refractivity contribution in [3.05, 3.63) is 53.8 Å². The molecule has 116 valence electrons. The lowest BCUT2D eigenvalue weighted by Crippen LogP contribution is -2.11. The maximum absolute atomic E-state index is 13.0. The summed E-state index contributed by atoms with van der Waals surface area (Å²) in [5.74, 6) is -0.655. The van der Waals surface area contributed by atoms with Crippen LogP contribution in [0.3, 0.4) is 0 Å². The highest BCUT2D eigenvalue weighted by Crippen LogP contribution is 2.23. The van der Waals surface area contributed by atoms with Crippen molar-refractivity contribution in [3.8, 4) is 5.75 Å². The third kappa shape index (κ3) is 3.82. The number of carbonyl (C=O) groups is 1. The molecule has 0 fully saturated rings. The minimum absolute atomic E-state index is 0.0952. The Kier molecular flexibility index (Phi) is 4.46. The lowest BCUT2D eigenvalue weighted by atomic mass is 10.2. The fourth-order valence-electron chi connectivity index (χ4n) is 1.86. The Hall–Kier alpha value is -2.41. The average Bonchev–Trinajstić information content (AvgIpc) is 2.39. The molecule has 2 aromatic rings. The number of hydrogen-bond donors (Lipinski definition) is 1. The van der Waals surface area contributed by atoms with Gasteiger partial charge in [-0.2, -0.15) is 8.42 Å². The second-order valence-corrected chi connectivity index (χ2v) is 6.17. The maximum Gasteiger partial charge on any atom is 0.339 e. The highest BCUT2D eigenvalue weighted by Gasteiger charge is 2.19. The van der Waals surface area contributed by atoms with Gasteiger partial charge in [-0.25, -0.2) is 4.39 Å². The topological polar surface area (TPSA) is 72.5 Å². The number of carbonyl (C=O) groups excluding carboxylic acids is 1. The van der Waals surface area contributed by atoms with Crippen LogP contribution in [0.5, 0.6) is 5.75 Å². The van der Waals surface area contributed by atoms with Gasteiger partial charge in [0.2, 0.25) is 5.91 Å². The molecule has 0 aromatic heterocycles. The van der Waals surface area contributed by atoms with Crippen LogP contribution in [0.2, 0.25) is 0 Å². The molecule has 0 saturated carbocycles. The van der Waals surface area contributed by atoms with Gasteiger partial charge >= 0.3 is 10.1 Å². The van der Waals surface area contributed by atoms with Crippen LogP contribution in [0.1, 0.15) is 12.5 Å². The summed E-state index contributed by atoms with van der Waals surface area (Å²) in [4.78, 5) is 10.8. The molecule has 0 spiro atoms. The zero-order chi connectivity index (χ0) is 16.3. The van der Waals surface area contributed by atoms with Gasteiger partial charge in [0.05, 0.1) is 0 Å². The predicted octanol–water partition coefficient (Wildman–Crippen LogP) is 2.86. The van der Waals surface area contributed by atoms with Crippen molar-refractivity contribution < 1.29 is 21.8 Å². The van der Waals surface area contributed by atoms with Gasteiger partial charge in [0.15, 0.2) is 0 Å². The van der Waals surface area contributed by atoms with E-state index in [2.05, 4.69) is 5.32 Å². The molecule has 0 aliphatic rings. The van der Waals surface area contributed by atoms with Gasteiger partial charge in [-0.15, -0.1) is 0 Å². The molecule has 2 aromatic carbocycles. The standard InChI is InChI=1S/C15H14FNO4S/c1-10-9-12(16)3-8-15(10)22(19,20)21-14-6-4-13(5-7-14)17-11(2)18/h3-9H,1-2H3,(H,17,18). The molecule has 0 saturated heterocycles. The number of nitrogens with one attached hydrogen (secondary N) is 1. The van der Waals surface area contributed by atoms with Crippen LogP contribution in [-0.2, 0) is 14.9 Å². The van der Waals surface area contributed by atoms with Crippen molar-refractivity contribution in [2.45, 2.75) is 18.7 Å². The van der Waals surface area contributed by atoms with Crippen molar-refractivity contribution >= 4 is 21.7 Å². The van der Waals surface area contributed by atoms with E-state index >= 15 is 0 Å². The summed E-state index contributed by atoms with van der Waals surface area (Å²) in [6, 6.07) is 9.21. The summed E-state index contributed by atoms with van der Waals surface area (Å²) >= 11 is 0. The Labute approximate surface area is 127 Å². The summed E-state index contributed by atoms with van der Waals surface area (Å²) in [5, 5.41) is 2.56. The van der Waals surface area contributed by atoms with E-state index in [-0.39, 0.29) is 22.1 Å². The van der Waals surface area contributed by atoms with E-state index in [4.69, 9.17) is 4.18 Å². The molecule has 22 heavy (non-hydrogen) atoms. The zero-order valence-corrected chi connectivity index (χ0v) is 12.8. The highest BCUT2D eigenvalue weighted by molar-refractivity contribution is 7.87. The van der Waals surface area contributed by atoms with E-state index in [1.165, 1.54) is 38.1 Å². The first kappa shape index (κ1) is 16.0. The Morgan fingerprint density at radius 1 is 1.14 bits per heavy atom. The summed E-state index contributed by atoms with van der Waals surface area (Å²) in [6.45, 7) is 2.85. The molecule has 0 radical (unpaired) electrons. The first-order valence-corrected chi connectivity index (χ1v) is 7.77. The van der Waals surface area contributed by atoms with Crippen molar-refractivity contribution in [2.75, 3.05) is 5.32 Å². The number of amides is 1. The molecule has 1 N–H and O–H groups in total. The van der Waals surface area contributed by atoms with E-state index < -0.39 is 15.9 Å². The molecule has 2 rings (SSSR count). The van der Waals surface area contributed by atoms with Gasteiger partial charge in [0.25, 0.3) is 0 Å². The average molecular weight is 323 g/mol. The third-order valence-electron chi connectivity index (χ3n) is 2.79. The van der Waals surface area contributed by atoms with Crippen LogP contribution in [0.15, 0.2) is 47.4 Å². The fraction of sp³-hybridized carbons (Fsp3) is 0.133. The fourth-order valence-corrected chi connectivity index (χ4v) is 3.00. The van der Waals surface area contributed by atoms with E-state index in [1.54, 1.807) is 0 Å². The Bertz CT molecular complexity index is 801. The molecular formula is C15H14FNO4S. The van der Waals surface area contributed by atoms with Gasteiger partial charge in [0.1, 0.15) is 16.5 Å². The molecule has 0 bridgehead atoms. The summed E-state index contributed by atoms with van der Waals surface area (Å²) < 4.78 is 42.4. The predicted molar refractivity (Wildman–Crippen MR) is 79.7 cm³/mol. The van der Waals surface area contributed by atoms with Crippen LogP contribution in [0.25, 0.3) is 0 Å². The Balaban J connectivity index is 2.23. The second kappa shape index (κ2) is 6.15. The molecule has 5 nitrogen and oxygen atoms in total. The molecule has 7 heteroatoms. The lowest BCUT2D eigenvalue weighted by molar-refractivity contribution is -0.114.